The summed E-state index contributed by atoms with van der Waals surface area (Å²) in [4.78, 5) is 21.3. The number of amides is 1. The number of aryl methyl sites for hydroxylation is 1. The Balaban J connectivity index is 1.25. The summed E-state index contributed by atoms with van der Waals surface area (Å²) >= 11 is 0. The molecule has 0 unspecified atom stereocenters. The maximum Gasteiger partial charge on any atom is 0.415 e. The molecular weight excluding hydrogens is 414 g/mol. The van der Waals surface area contributed by atoms with E-state index in [2.05, 4.69) is 26.6 Å². The summed E-state index contributed by atoms with van der Waals surface area (Å²) in [6, 6.07) is 17.9. The molecule has 168 valence electrons. The second-order valence-electron chi connectivity index (χ2n) is 9.05. The van der Waals surface area contributed by atoms with E-state index >= 15 is 0 Å². The van der Waals surface area contributed by atoms with Gasteiger partial charge < -0.3 is 9.30 Å². The molecule has 2 aliphatic heterocycles. The second-order valence-corrected chi connectivity index (χ2v) is 9.05. The number of nitrogens with zero attached hydrogens (tertiary/aromatic N) is 5. The predicted octanol–water partition coefficient (Wildman–Crippen LogP) is 4.10. The van der Waals surface area contributed by atoms with Gasteiger partial charge in [0.15, 0.2) is 0 Å². The highest BCUT2D eigenvalue weighted by Crippen LogP contribution is 2.38. The standard InChI is InChI=1S/C26H27N5O2/c1-20-3-2-4-23(13-20)31-25(32)33-18-26(31)9-11-29(12-10-26)17-24-15-28-19-30(24)16-22-7-5-21(14-27)6-8-22/h2-8,13,15,19H,9-12,16-18H2,1H3. The predicted molar refractivity (Wildman–Crippen MR) is 125 cm³/mol. The Morgan fingerprint density at radius 3 is 2.64 bits per heavy atom. The third kappa shape index (κ3) is 4.22. The first-order valence-corrected chi connectivity index (χ1v) is 11.3. The number of carbonyl (C=O) groups excluding carboxylic acids is 1. The molecular formula is C26H27N5O2. The van der Waals surface area contributed by atoms with Crippen molar-refractivity contribution in [1.29, 1.82) is 5.26 Å². The monoisotopic (exact) mass is 441 g/mol. The minimum atomic E-state index is -0.274. The van der Waals surface area contributed by atoms with Crippen LogP contribution in [-0.4, -0.2) is 45.8 Å². The van der Waals surface area contributed by atoms with E-state index in [0.29, 0.717) is 12.2 Å². The van der Waals surface area contributed by atoms with Gasteiger partial charge in [-0.25, -0.2) is 9.78 Å². The van der Waals surface area contributed by atoms with Crippen molar-refractivity contribution < 1.29 is 9.53 Å². The first-order chi connectivity index (χ1) is 16.1. The molecule has 2 fully saturated rings. The Morgan fingerprint density at radius 1 is 1.12 bits per heavy atom. The van der Waals surface area contributed by atoms with E-state index in [1.54, 1.807) is 0 Å². The number of anilines is 1. The molecule has 3 aromatic rings. The lowest BCUT2D eigenvalue weighted by Gasteiger charge is -2.42. The van der Waals surface area contributed by atoms with Crippen LogP contribution in [0.4, 0.5) is 10.5 Å². The molecule has 0 bridgehead atoms. The van der Waals surface area contributed by atoms with Crippen LogP contribution < -0.4 is 4.90 Å². The average Bonchev–Trinajstić information content (AvgIpc) is 3.39. The van der Waals surface area contributed by atoms with Gasteiger partial charge in [-0.3, -0.25) is 9.80 Å². The van der Waals surface area contributed by atoms with Crippen molar-refractivity contribution in [1.82, 2.24) is 14.5 Å². The summed E-state index contributed by atoms with van der Waals surface area (Å²) < 4.78 is 7.69. The lowest BCUT2D eigenvalue weighted by molar-refractivity contribution is 0.128. The third-order valence-electron chi connectivity index (χ3n) is 6.79. The molecule has 1 amide bonds. The van der Waals surface area contributed by atoms with Crippen molar-refractivity contribution in [3.63, 3.8) is 0 Å². The Hall–Kier alpha value is -3.63. The van der Waals surface area contributed by atoms with E-state index in [4.69, 9.17) is 10.00 Å². The summed E-state index contributed by atoms with van der Waals surface area (Å²) in [6.45, 7) is 5.81. The fraction of sp³-hybridized carbons (Fsp3) is 0.346. The Labute approximate surface area is 193 Å². The number of hydrogen-bond donors (Lipinski definition) is 0. The number of rotatable bonds is 5. The van der Waals surface area contributed by atoms with Crippen LogP contribution in [0.5, 0.6) is 0 Å². The lowest BCUT2D eigenvalue weighted by Crippen LogP contribution is -2.54. The van der Waals surface area contributed by atoms with Crippen molar-refractivity contribution in [2.45, 2.75) is 38.4 Å². The minimum Gasteiger partial charge on any atom is -0.447 e. The van der Waals surface area contributed by atoms with E-state index in [1.807, 2.05) is 66.8 Å². The smallest absolute Gasteiger partial charge is 0.415 e. The fourth-order valence-corrected chi connectivity index (χ4v) is 4.89. The van der Waals surface area contributed by atoms with Crippen LogP contribution in [0.15, 0.2) is 61.1 Å². The number of imidazole rings is 1. The van der Waals surface area contributed by atoms with Gasteiger partial charge in [-0.05, 0) is 55.2 Å². The fourth-order valence-electron chi connectivity index (χ4n) is 4.89. The molecule has 0 aliphatic carbocycles. The highest BCUT2D eigenvalue weighted by Gasteiger charge is 2.49. The molecule has 2 aliphatic rings. The van der Waals surface area contributed by atoms with Crippen molar-refractivity contribution in [2.24, 2.45) is 0 Å². The van der Waals surface area contributed by atoms with E-state index in [-0.39, 0.29) is 11.6 Å². The highest BCUT2D eigenvalue weighted by atomic mass is 16.6. The van der Waals surface area contributed by atoms with Gasteiger partial charge >= 0.3 is 6.09 Å². The quantitative estimate of drug-likeness (QED) is 0.596. The van der Waals surface area contributed by atoms with Gasteiger partial charge in [-0.1, -0.05) is 24.3 Å². The van der Waals surface area contributed by atoms with Gasteiger partial charge in [0.2, 0.25) is 0 Å². The van der Waals surface area contributed by atoms with Crippen LogP contribution >= 0.6 is 0 Å². The van der Waals surface area contributed by atoms with Crippen LogP contribution in [0.3, 0.4) is 0 Å². The molecule has 7 heteroatoms. The van der Waals surface area contributed by atoms with Crippen LogP contribution in [0, 0.1) is 18.3 Å². The Morgan fingerprint density at radius 2 is 1.91 bits per heavy atom. The number of hydrogen-bond acceptors (Lipinski definition) is 5. The normalized spacial score (nSPS) is 17.8. The van der Waals surface area contributed by atoms with Gasteiger partial charge in [0.25, 0.3) is 0 Å². The molecule has 0 radical (unpaired) electrons. The number of aromatic nitrogens is 2. The zero-order chi connectivity index (χ0) is 22.8. The first kappa shape index (κ1) is 21.2. The molecule has 0 atom stereocenters. The molecule has 2 saturated heterocycles. The van der Waals surface area contributed by atoms with Gasteiger partial charge in [0, 0.05) is 38.1 Å². The van der Waals surface area contributed by atoms with Crippen LogP contribution in [0.2, 0.25) is 0 Å². The number of ether oxygens (including phenoxy) is 1. The molecule has 1 spiro atoms. The van der Waals surface area contributed by atoms with Gasteiger partial charge in [0.05, 0.1) is 29.2 Å². The van der Waals surface area contributed by atoms with Crippen LogP contribution in [0.25, 0.3) is 0 Å². The van der Waals surface area contributed by atoms with E-state index in [1.165, 1.54) is 0 Å². The molecule has 5 rings (SSSR count). The number of benzene rings is 2. The Kier molecular flexibility index (Phi) is 5.61. The first-order valence-electron chi connectivity index (χ1n) is 11.3. The van der Waals surface area contributed by atoms with Crippen molar-refractivity contribution in [2.75, 3.05) is 24.6 Å². The van der Waals surface area contributed by atoms with Crippen LogP contribution in [-0.2, 0) is 17.8 Å². The van der Waals surface area contributed by atoms with Gasteiger partial charge in [0.1, 0.15) is 6.61 Å². The largest absolute Gasteiger partial charge is 0.447 e. The third-order valence-corrected chi connectivity index (χ3v) is 6.79. The number of likely N-dealkylation sites (tertiary alicyclic amines) is 1. The molecule has 0 N–H and O–H groups in total. The minimum absolute atomic E-state index is 0.241. The zero-order valence-electron chi connectivity index (χ0n) is 18.8. The summed E-state index contributed by atoms with van der Waals surface area (Å²) in [6.07, 6.45) is 5.29. The number of carbonyl (C=O) groups is 1. The molecule has 7 nitrogen and oxygen atoms in total. The molecule has 1 aromatic heterocycles. The maximum atomic E-state index is 12.6. The molecule has 2 aromatic carbocycles. The van der Waals surface area contributed by atoms with Crippen molar-refractivity contribution >= 4 is 11.8 Å². The molecule has 0 saturated carbocycles. The molecule has 33 heavy (non-hydrogen) atoms. The lowest BCUT2D eigenvalue weighted by atomic mass is 9.86. The van der Waals surface area contributed by atoms with Gasteiger partial charge in [-0.2, -0.15) is 5.26 Å². The van der Waals surface area contributed by atoms with E-state index in [9.17, 15) is 4.79 Å². The van der Waals surface area contributed by atoms with E-state index < -0.39 is 0 Å². The summed E-state index contributed by atoms with van der Waals surface area (Å²) in [5.41, 5.74) is 4.75. The maximum absolute atomic E-state index is 12.6. The topological polar surface area (TPSA) is 74.4 Å². The summed E-state index contributed by atoms with van der Waals surface area (Å²) in [7, 11) is 0. The highest BCUT2D eigenvalue weighted by molar-refractivity contribution is 5.91. The average molecular weight is 442 g/mol. The second kappa shape index (κ2) is 8.72. The van der Waals surface area contributed by atoms with Crippen molar-refractivity contribution in [3.05, 3.63) is 83.4 Å². The SMILES string of the molecule is Cc1cccc(N2C(=O)OCC23CCN(Cc2cncn2Cc2ccc(C#N)cc2)CC3)c1. The number of piperidine rings is 1. The van der Waals surface area contributed by atoms with Gasteiger partial charge in [-0.15, -0.1) is 0 Å². The molecule has 3 heterocycles. The Bertz CT molecular complexity index is 1190. The van der Waals surface area contributed by atoms with Crippen LogP contribution in [0.1, 0.15) is 35.2 Å². The number of cyclic esters (lactones) is 1. The van der Waals surface area contributed by atoms with E-state index in [0.717, 1.165) is 61.5 Å². The summed E-state index contributed by atoms with van der Waals surface area (Å²) in [5.74, 6) is 0. The van der Waals surface area contributed by atoms with Crippen molar-refractivity contribution in [3.8, 4) is 6.07 Å². The summed E-state index contributed by atoms with van der Waals surface area (Å²) in [5, 5.41) is 9.00. The zero-order valence-corrected chi connectivity index (χ0v) is 18.8. The number of nitriles is 1.